The van der Waals surface area contributed by atoms with Crippen LogP contribution < -0.4 is 5.32 Å². The van der Waals surface area contributed by atoms with Gasteiger partial charge in [0.05, 0.1) is 6.54 Å². The van der Waals surface area contributed by atoms with Crippen LogP contribution >= 0.6 is 11.6 Å². The lowest BCUT2D eigenvalue weighted by Gasteiger charge is -2.24. The van der Waals surface area contributed by atoms with Crippen LogP contribution in [0.4, 0.5) is 13.2 Å². The molecule has 2 nitrogen and oxygen atoms in total. The molecule has 0 saturated carbocycles. The molecule has 0 amide bonds. The minimum atomic E-state index is -4.20. The van der Waals surface area contributed by atoms with E-state index >= 15 is 0 Å². The monoisotopic (exact) mass is 294 g/mol. The second kappa shape index (κ2) is 7.12. The smallest absolute Gasteiger partial charge is 0.318 e. The first-order valence-electron chi connectivity index (χ1n) is 6.00. The predicted molar refractivity (Wildman–Crippen MR) is 71.4 cm³/mol. The van der Waals surface area contributed by atoms with Gasteiger partial charge < -0.3 is 5.32 Å². The summed E-state index contributed by atoms with van der Waals surface area (Å²) >= 11 is 6.06. The van der Waals surface area contributed by atoms with E-state index in [1.165, 1.54) is 4.90 Å². The first-order valence-corrected chi connectivity index (χ1v) is 6.38. The van der Waals surface area contributed by atoms with Crippen molar-refractivity contribution in [2.75, 3.05) is 26.7 Å². The van der Waals surface area contributed by atoms with E-state index in [-0.39, 0.29) is 6.54 Å². The summed E-state index contributed by atoms with van der Waals surface area (Å²) in [5, 5.41) is 3.36. The quantitative estimate of drug-likeness (QED) is 0.866. The van der Waals surface area contributed by atoms with Crippen LogP contribution in [0.25, 0.3) is 0 Å². The lowest BCUT2D eigenvalue weighted by Crippen LogP contribution is -2.37. The summed E-state index contributed by atoms with van der Waals surface area (Å²) in [6.07, 6.45) is -4.20. The fraction of sp³-hybridized carbons (Fsp3) is 0.538. The summed E-state index contributed by atoms with van der Waals surface area (Å²) in [5.41, 5.74) is 1.71. The van der Waals surface area contributed by atoms with E-state index in [0.29, 0.717) is 23.7 Å². The van der Waals surface area contributed by atoms with Crippen LogP contribution in [-0.2, 0) is 6.54 Å². The zero-order chi connectivity index (χ0) is 14.5. The largest absolute Gasteiger partial charge is 0.401 e. The molecule has 0 fully saturated rings. The lowest BCUT2D eigenvalue weighted by atomic mass is 10.1. The Hall–Kier alpha value is -0.780. The zero-order valence-corrected chi connectivity index (χ0v) is 11.8. The number of likely N-dealkylation sites (N-methyl/N-ethyl adjacent to an activating group) is 1. The topological polar surface area (TPSA) is 15.3 Å². The van der Waals surface area contributed by atoms with Crippen molar-refractivity contribution in [2.45, 2.75) is 19.6 Å². The van der Waals surface area contributed by atoms with Crippen molar-refractivity contribution in [1.29, 1.82) is 0 Å². The van der Waals surface area contributed by atoms with Gasteiger partial charge in [0.1, 0.15) is 0 Å². The lowest BCUT2D eigenvalue weighted by molar-refractivity contribution is -0.146. The number of hydrogen-bond donors (Lipinski definition) is 1. The van der Waals surface area contributed by atoms with Crippen LogP contribution in [0.3, 0.4) is 0 Å². The van der Waals surface area contributed by atoms with E-state index in [1.54, 1.807) is 19.2 Å². The second-order valence-electron chi connectivity index (χ2n) is 4.52. The molecule has 0 radical (unpaired) electrons. The summed E-state index contributed by atoms with van der Waals surface area (Å²) in [6.45, 7) is 1.98. The van der Waals surface area contributed by atoms with Gasteiger partial charge in [-0.15, -0.1) is 0 Å². The number of halogens is 4. The summed E-state index contributed by atoms with van der Waals surface area (Å²) in [5.74, 6) is 0. The Labute approximate surface area is 116 Å². The van der Waals surface area contributed by atoms with Gasteiger partial charge in [0.2, 0.25) is 0 Å². The maximum Gasteiger partial charge on any atom is 0.401 e. The van der Waals surface area contributed by atoms with Crippen LogP contribution in [-0.4, -0.2) is 37.8 Å². The van der Waals surface area contributed by atoms with Crippen molar-refractivity contribution in [1.82, 2.24) is 10.2 Å². The molecule has 1 rings (SSSR count). The van der Waals surface area contributed by atoms with E-state index < -0.39 is 12.7 Å². The van der Waals surface area contributed by atoms with Crippen molar-refractivity contribution in [3.05, 3.63) is 34.3 Å². The van der Waals surface area contributed by atoms with Crippen LogP contribution in [0, 0.1) is 6.92 Å². The number of nitrogens with one attached hydrogen (secondary N) is 1. The third-order valence-electron chi connectivity index (χ3n) is 2.68. The molecule has 0 aromatic heterocycles. The highest BCUT2D eigenvalue weighted by Gasteiger charge is 2.30. The van der Waals surface area contributed by atoms with Gasteiger partial charge in [-0.05, 0) is 31.2 Å². The molecule has 0 aliphatic carbocycles. The molecule has 0 aliphatic heterocycles. The highest BCUT2D eigenvalue weighted by Crippen LogP contribution is 2.22. The first kappa shape index (κ1) is 16.3. The average molecular weight is 295 g/mol. The molecule has 0 heterocycles. The van der Waals surface area contributed by atoms with Crippen LogP contribution in [0.15, 0.2) is 18.2 Å². The number of rotatable bonds is 6. The standard InChI is InChI=1S/C13H18ClF3N2/c1-10-3-4-11(12(14)7-10)8-19(6-5-18-2)9-13(15,16)17/h3-4,7,18H,5-6,8-9H2,1-2H3. The molecular formula is C13H18ClF3N2. The summed E-state index contributed by atoms with van der Waals surface area (Å²) in [4.78, 5) is 1.34. The fourth-order valence-corrected chi connectivity index (χ4v) is 2.05. The maximum atomic E-state index is 12.5. The molecule has 0 atom stereocenters. The summed E-state index contributed by atoms with van der Waals surface area (Å²) in [6, 6.07) is 5.40. The third-order valence-corrected chi connectivity index (χ3v) is 3.04. The van der Waals surface area contributed by atoms with Crippen molar-refractivity contribution < 1.29 is 13.2 Å². The Kier molecular flexibility index (Phi) is 6.10. The maximum absolute atomic E-state index is 12.5. The molecule has 1 N–H and O–H groups in total. The molecule has 0 bridgehead atoms. The van der Waals surface area contributed by atoms with Crippen LogP contribution in [0.2, 0.25) is 5.02 Å². The molecule has 108 valence electrons. The Morgan fingerprint density at radius 3 is 2.53 bits per heavy atom. The fourth-order valence-electron chi connectivity index (χ4n) is 1.76. The SMILES string of the molecule is CNCCN(Cc1ccc(C)cc1Cl)CC(F)(F)F. The minimum absolute atomic E-state index is 0.195. The molecule has 0 saturated heterocycles. The van der Waals surface area contributed by atoms with Gasteiger partial charge in [-0.25, -0.2) is 0 Å². The van der Waals surface area contributed by atoms with E-state index in [2.05, 4.69) is 5.32 Å². The number of benzene rings is 1. The van der Waals surface area contributed by atoms with Crippen LogP contribution in [0.5, 0.6) is 0 Å². The predicted octanol–water partition coefficient (Wildman–Crippen LogP) is 3.23. The Balaban J connectivity index is 2.75. The molecule has 1 aromatic rings. The molecule has 0 unspecified atom stereocenters. The molecule has 19 heavy (non-hydrogen) atoms. The number of hydrogen-bond acceptors (Lipinski definition) is 2. The first-order chi connectivity index (χ1) is 8.81. The zero-order valence-electron chi connectivity index (χ0n) is 11.0. The van der Waals surface area contributed by atoms with Gasteiger partial charge in [0.25, 0.3) is 0 Å². The number of alkyl halides is 3. The highest BCUT2D eigenvalue weighted by molar-refractivity contribution is 6.31. The number of nitrogens with zero attached hydrogens (tertiary/aromatic N) is 1. The molecular weight excluding hydrogens is 277 g/mol. The molecule has 6 heteroatoms. The molecule has 0 spiro atoms. The van der Waals surface area contributed by atoms with Gasteiger partial charge >= 0.3 is 6.18 Å². The summed E-state index contributed by atoms with van der Waals surface area (Å²) < 4.78 is 37.5. The number of aryl methyl sites for hydroxylation is 1. The minimum Gasteiger partial charge on any atom is -0.318 e. The van der Waals surface area contributed by atoms with Crippen LogP contribution in [0.1, 0.15) is 11.1 Å². The normalized spacial score (nSPS) is 12.2. The van der Waals surface area contributed by atoms with Crippen molar-refractivity contribution in [2.24, 2.45) is 0 Å². The van der Waals surface area contributed by atoms with Gasteiger partial charge in [0, 0.05) is 24.7 Å². The van der Waals surface area contributed by atoms with Gasteiger partial charge in [-0.1, -0.05) is 23.7 Å². The highest BCUT2D eigenvalue weighted by atomic mass is 35.5. The van der Waals surface area contributed by atoms with Gasteiger partial charge in [-0.2, -0.15) is 13.2 Å². The average Bonchev–Trinajstić information content (AvgIpc) is 2.27. The van der Waals surface area contributed by atoms with E-state index in [1.807, 2.05) is 13.0 Å². The van der Waals surface area contributed by atoms with Crippen molar-refractivity contribution >= 4 is 11.6 Å². The second-order valence-corrected chi connectivity index (χ2v) is 4.93. The molecule has 0 aliphatic rings. The van der Waals surface area contributed by atoms with E-state index in [4.69, 9.17) is 11.6 Å². The third kappa shape index (κ3) is 6.27. The van der Waals surface area contributed by atoms with Gasteiger partial charge in [-0.3, -0.25) is 4.90 Å². The molecule has 1 aromatic carbocycles. The van der Waals surface area contributed by atoms with Gasteiger partial charge in [0.15, 0.2) is 0 Å². The van der Waals surface area contributed by atoms with Crippen molar-refractivity contribution in [3.63, 3.8) is 0 Å². The Morgan fingerprint density at radius 2 is 2.00 bits per heavy atom. The Bertz CT molecular complexity index is 407. The summed E-state index contributed by atoms with van der Waals surface area (Å²) in [7, 11) is 1.71. The van der Waals surface area contributed by atoms with E-state index in [9.17, 15) is 13.2 Å². The van der Waals surface area contributed by atoms with E-state index in [0.717, 1.165) is 5.56 Å². The Morgan fingerprint density at radius 1 is 1.32 bits per heavy atom. The van der Waals surface area contributed by atoms with Crippen molar-refractivity contribution in [3.8, 4) is 0 Å².